The Hall–Kier alpha value is -2.63. The van der Waals surface area contributed by atoms with Crippen LogP contribution in [0, 0.1) is 13.8 Å². The minimum atomic E-state index is -1.00. The lowest BCUT2D eigenvalue weighted by Crippen LogP contribution is -2.13. The molecule has 6 nitrogen and oxygen atoms in total. The van der Waals surface area contributed by atoms with Crippen molar-refractivity contribution < 1.29 is 14.7 Å². The van der Waals surface area contributed by atoms with E-state index in [0.29, 0.717) is 5.56 Å². The predicted molar refractivity (Wildman–Crippen MR) is 73.7 cm³/mol. The molecule has 2 N–H and O–H groups in total. The van der Waals surface area contributed by atoms with Gasteiger partial charge in [-0.2, -0.15) is 5.10 Å². The molecule has 0 aliphatic heterocycles. The lowest BCUT2D eigenvalue weighted by Gasteiger charge is -2.10. The van der Waals surface area contributed by atoms with Crippen molar-refractivity contribution in [1.29, 1.82) is 0 Å². The van der Waals surface area contributed by atoms with E-state index < -0.39 is 5.97 Å². The molecule has 0 unspecified atom stereocenters. The Labute approximate surface area is 116 Å². The fraction of sp³-hybridized carbons (Fsp3) is 0.214. The highest BCUT2D eigenvalue weighted by molar-refractivity contribution is 6.04. The standard InChI is InChI=1S/C14H15N3O3/c1-9-4-3-5-10(2)13(9)16-14(20)11-6-15-17(7-11)8-12(18)19/h3-7H,8H2,1-2H3,(H,16,20)(H,18,19). The fourth-order valence-corrected chi connectivity index (χ4v) is 1.90. The molecule has 0 aliphatic carbocycles. The molecule has 1 heterocycles. The summed E-state index contributed by atoms with van der Waals surface area (Å²) in [5.41, 5.74) is 3.03. The summed E-state index contributed by atoms with van der Waals surface area (Å²) in [7, 11) is 0. The number of hydrogen-bond donors (Lipinski definition) is 2. The van der Waals surface area contributed by atoms with Gasteiger partial charge in [-0.15, -0.1) is 0 Å². The molecule has 2 aromatic rings. The van der Waals surface area contributed by atoms with Crippen molar-refractivity contribution in [2.45, 2.75) is 20.4 Å². The zero-order chi connectivity index (χ0) is 14.7. The van der Waals surface area contributed by atoms with Crippen molar-refractivity contribution in [2.24, 2.45) is 0 Å². The second-order valence-electron chi connectivity index (χ2n) is 4.54. The number of carbonyl (C=O) groups excluding carboxylic acids is 1. The smallest absolute Gasteiger partial charge is 0.325 e. The summed E-state index contributed by atoms with van der Waals surface area (Å²) in [6.45, 7) is 3.56. The van der Waals surface area contributed by atoms with Gasteiger partial charge >= 0.3 is 5.97 Å². The fourth-order valence-electron chi connectivity index (χ4n) is 1.90. The Morgan fingerprint density at radius 1 is 1.30 bits per heavy atom. The zero-order valence-corrected chi connectivity index (χ0v) is 11.3. The summed E-state index contributed by atoms with van der Waals surface area (Å²) in [6.07, 6.45) is 2.77. The zero-order valence-electron chi connectivity index (χ0n) is 11.3. The minimum Gasteiger partial charge on any atom is -0.480 e. The maximum absolute atomic E-state index is 12.1. The van der Waals surface area contributed by atoms with Crippen molar-refractivity contribution in [3.63, 3.8) is 0 Å². The lowest BCUT2D eigenvalue weighted by atomic mass is 10.1. The normalized spacial score (nSPS) is 10.3. The van der Waals surface area contributed by atoms with Crippen molar-refractivity contribution in [3.05, 3.63) is 47.3 Å². The summed E-state index contributed by atoms with van der Waals surface area (Å²) in [6, 6.07) is 5.75. The Morgan fingerprint density at radius 3 is 2.55 bits per heavy atom. The number of anilines is 1. The molecule has 20 heavy (non-hydrogen) atoms. The van der Waals surface area contributed by atoms with Crippen LogP contribution >= 0.6 is 0 Å². The molecular formula is C14H15N3O3. The SMILES string of the molecule is Cc1cccc(C)c1NC(=O)c1cnn(CC(=O)O)c1. The summed E-state index contributed by atoms with van der Waals surface area (Å²) in [5.74, 6) is -1.31. The van der Waals surface area contributed by atoms with E-state index in [0.717, 1.165) is 16.8 Å². The number of carbonyl (C=O) groups is 2. The average molecular weight is 273 g/mol. The first-order valence-corrected chi connectivity index (χ1v) is 6.09. The molecule has 0 saturated heterocycles. The number of carboxylic acid groups (broad SMARTS) is 1. The van der Waals surface area contributed by atoms with Crippen LogP contribution in [0.4, 0.5) is 5.69 Å². The highest BCUT2D eigenvalue weighted by Crippen LogP contribution is 2.20. The van der Waals surface area contributed by atoms with E-state index in [4.69, 9.17) is 5.11 Å². The van der Waals surface area contributed by atoms with E-state index in [-0.39, 0.29) is 12.5 Å². The number of benzene rings is 1. The molecule has 0 spiro atoms. The predicted octanol–water partition coefficient (Wildman–Crippen LogP) is 1.84. The Bertz CT molecular complexity index is 641. The molecule has 0 saturated carbocycles. The molecule has 104 valence electrons. The van der Waals surface area contributed by atoms with Crippen LogP contribution < -0.4 is 5.32 Å². The van der Waals surface area contributed by atoms with Crippen LogP contribution in [0.2, 0.25) is 0 Å². The first-order valence-electron chi connectivity index (χ1n) is 6.09. The number of aliphatic carboxylic acids is 1. The highest BCUT2D eigenvalue weighted by Gasteiger charge is 2.12. The van der Waals surface area contributed by atoms with Crippen LogP contribution in [0.25, 0.3) is 0 Å². The molecule has 0 atom stereocenters. The van der Waals surface area contributed by atoms with Gasteiger partial charge < -0.3 is 10.4 Å². The molecule has 0 aliphatic rings. The molecule has 6 heteroatoms. The quantitative estimate of drug-likeness (QED) is 0.890. The van der Waals surface area contributed by atoms with Crippen LogP contribution in [0.15, 0.2) is 30.6 Å². The first kappa shape index (κ1) is 13.8. The van der Waals surface area contributed by atoms with Gasteiger partial charge in [0, 0.05) is 11.9 Å². The van der Waals surface area contributed by atoms with E-state index in [1.807, 2.05) is 32.0 Å². The number of carboxylic acids is 1. The molecule has 0 fully saturated rings. The van der Waals surface area contributed by atoms with Gasteiger partial charge in [-0.05, 0) is 25.0 Å². The van der Waals surface area contributed by atoms with Gasteiger partial charge in [0.25, 0.3) is 5.91 Å². The maximum atomic E-state index is 12.1. The highest BCUT2D eigenvalue weighted by atomic mass is 16.4. The van der Waals surface area contributed by atoms with E-state index in [1.165, 1.54) is 17.1 Å². The molecule has 1 aromatic heterocycles. The van der Waals surface area contributed by atoms with Gasteiger partial charge in [0.1, 0.15) is 6.54 Å². The Balaban J connectivity index is 2.16. The third-order valence-corrected chi connectivity index (χ3v) is 2.91. The largest absolute Gasteiger partial charge is 0.480 e. The molecule has 1 amide bonds. The number of nitrogens with one attached hydrogen (secondary N) is 1. The van der Waals surface area contributed by atoms with E-state index >= 15 is 0 Å². The minimum absolute atomic E-state index is 0.267. The summed E-state index contributed by atoms with van der Waals surface area (Å²) >= 11 is 0. The number of para-hydroxylation sites is 1. The maximum Gasteiger partial charge on any atom is 0.325 e. The van der Waals surface area contributed by atoms with Gasteiger partial charge in [0.2, 0.25) is 0 Å². The monoisotopic (exact) mass is 273 g/mol. The van der Waals surface area contributed by atoms with Gasteiger partial charge in [-0.3, -0.25) is 14.3 Å². The number of rotatable bonds is 4. The molecule has 2 rings (SSSR count). The number of amides is 1. The van der Waals surface area contributed by atoms with Crippen LogP contribution in [-0.2, 0) is 11.3 Å². The second kappa shape index (κ2) is 5.56. The second-order valence-corrected chi connectivity index (χ2v) is 4.54. The van der Waals surface area contributed by atoms with Gasteiger partial charge in [0.15, 0.2) is 0 Å². The van der Waals surface area contributed by atoms with Crippen LogP contribution in [0.3, 0.4) is 0 Å². The van der Waals surface area contributed by atoms with Gasteiger partial charge in [-0.1, -0.05) is 18.2 Å². The number of aromatic nitrogens is 2. The number of nitrogens with zero attached hydrogens (tertiary/aromatic N) is 2. The Kier molecular flexibility index (Phi) is 3.84. The summed E-state index contributed by atoms with van der Waals surface area (Å²) in [4.78, 5) is 22.7. The lowest BCUT2D eigenvalue weighted by molar-refractivity contribution is -0.137. The molecule has 0 bridgehead atoms. The first-order chi connectivity index (χ1) is 9.47. The molecular weight excluding hydrogens is 258 g/mol. The van der Waals surface area contributed by atoms with Crippen molar-refractivity contribution in [2.75, 3.05) is 5.32 Å². The van der Waals surface area contributed by atoms with Gasteiger partial charge in [-0.25, -0.2) is 0 Å². The van der Waals surface area contributed by atoms with Crippen molar-refractivity contribution in [1.82, 2.24) is 9.78 Å². The van der Waals surface area contributed by atoms with Crippen LogP contribution in [0.1, 0.15) is 21.5 Å². The summed E-state index contributed by atoms with van der Waals surface area (Å²) < 4.78 is 1.21. The van der Waals surface area contributed by atoms with E-state index in [1.54, 1.807) is 0 Å². The van der Waals surface area contributed by atoms with E-state index in [9.17, 15) is 9.59 Å². The van der Waals surface area contributed by atoms with Crippen LogP contribution in [-0.4, -0.2) is 26.8 Å². The molecule has 0 radical (unpaired) electrons. The Morgan fingerprint density at radius 2 is 1.95 bits per heavy atom. The van der Waals surface area contributed by atoms with E-state index in [2.05, 4.69) is 10.4 Å². The van der Waals surface area contributed by atoms with Crippen molar-refractivity contribution >= 4 is 17.6 Å². The third-order valence-electron chi connectivity index (χ3n) is 2.91. The van der Waals surface area contributed by atoms with Crippen LogP contribution in [0.5, 0.6) is 0 Å². The third kappa shape index (κ3) is 3.03. The average Bonchev–Trinajstić information content (AvgIpc) is 2.81. The van der Waals surface area contributed by atoms with Crippen molar-refractivity contribution in [3.8, 4) is 0 Å². The topological polar surface area (TPSA) is 84.2 Å². The number of hydrogen-bond acceptors (Lipinski definition) is 3. The molecule has 1 aromatic carbocycles. The van der Waals surface area contributed by atoms with Gasteiger partial charge in [0.05, 0.1) is 11.8 Å². The number of aryl methyl sites for hydroxylation is 2. The summed E-state index contributed by atoms with van der Waals surface area (Å²) in [5, 5.41) is 15.3.